The van der Waals surface area contributed by atoms with Crippen LogP contribution >= 0.6 is 12.4 Å². The minimum absolute atomic E-state index is 0. The van der Waals surface area contributed by atoms with Crippen molar-refractivity contribution in [3.05, 3.63) is 34.9 Å². The van der Waals surface area contributed by atoms with Crippen molar-refractivity contribution < 1.29 is 13.2 Å². The molecule has 0 unspecified atom stereocenters. The molecular weight excluding hydrogens is 338 g/mol. The number of hydrogen-bond acceptors (Lipinski definition) is 4. The molecule has 128 valence electrons. The van der Waals surface area contributed by atoms with Crippen LogP contribution < -0.4 is 10.6 Å². The average Bonchev–Trinajstić information content (AvgIpc) is 3.08. The van der Waals surface area contributed by atoms with Crippen LogP contribution in [0.4, 0.5) is 0 Å². The molecule has 1 aromatic rings. The Balaban J connectivity index is 0.00000192. The highest BCUT2D eigenvalue weighted by Crippen LogP contribution is 2.17. The van der Waals surface area contributed by atoms with Crippen molar-refractivity contribution in [1.29, 1.82) is 0 Å². The maximum absolute atomic E-state index is 11.9. The number of fused-ring (bicyclic) bond motifs is 1. The molecule has 2 aliphatic rings. The van der Waals surface area contributed by atoms with Gasteiger partial charge in [0.15, 0.2) is 0 Å². The Hall–Kier alpha value is -1.15. The molecule has 2 heterocycles. The van der Waals surface area contributed by atoms with E-state index in [4.69, 9.17) is 0 Å². The van der Waals surface area contributed by atoms with Gasteiger partial charge in [-0.3, -0.25) is 4.79 Å². The summed E-state index contributed by atoms with van der Waals surface area (Å²) in [6.45, 7) is 3.09. The summed E-state index contributed by atoms with van der Waals surface area (Å²) < 4.78 is 24.7. The van der Waals surface area contributed by atoms with Crippen LogP contribution in [0.25, 0.3) is 0 Å². The first-order valence-corrected chi connectivity index (χ1v) is 9.21. The summed E-state index contributed by atoms with van der Waals surface area (Å²) in [6, 6.07) is 6.23. The molecular formula is C15H22ClN3O3S. The summed E-state index contributed by atoms with van der Waals surface area (Å²) >= 11 is 0. The molecule has 8 heteroatoms. The van der Waals surface area contributed by atoms with E-state index < -0.39 is 10.0 Å². The third kappa shape index (κ3) is 4.44. The van der Waals surface area contributed by atoms with Crippen molar-refractivity contribution >= 4 is 28.3 Å². The predicted molar refractivity (Wildman–Crippen MR) is 90.7 cm³/mol. The van der Waals surface area contributed by atoms with Crippen molar-refractivity contribution in [2.24, 2.45) is 0 Å². The molecule has 6 nitrogen and oxygen atoms in total. The third-order valence-corrected chi connectivity index (χ3v) is 6.14. The van der Waals surface area contributed by atoms with Crippen LogP contribution in [0.15, 0.2) is 18.2 Å². The van der Waals surface area contributed by atoms with E-state index in [2.05, 4.69) is 22.8 Å². The molecule has 1 aromatic carbocycles. The predicted octanol–water partition coefficient (Wildman–Crippen LogP) is 0.753. The average molecular weight is 360 g/mol. The fourth-order valence-electron chi connectivity index (χ4n) is 2.92. The van der Waals surface area contributed by atoms with Crippen molar-refractivity contribution in [3.63, 3.8) is 0 Å². The Kier molecular flexibility index (Phi) is 6.02. The van der Waals surface area contributed by atoms with E-state index in [0.29, 0.717) is 19.5 Å². The van der Waals surface area contributed by atoms with Crippen LogP contribution in [-0.2, 0) is 34.5 Å². The molecule has 0 aromatic heterocycles. The van der Waals surface area contributed by atoms with Gasteiger partial charge in [-0.2, -0.15) is 0 Å². The summed E-state index contributed by atoms with van der Waals surface area (Å²) in [5, 5.41) is 6.15. The molecule has 3 rings (SSSR count). The maximum atomic E-state index is 11.9. The second-order valence-corrected chi connectivity index (χ2v) is 7.89. The Bertz CT molecular complexity index is 679. The lowest BCUT2D eigenvalue weighted by Crippen LogP contribution is -2.31. The Morgan fingerprint density at radius 3 is 2.78 bits per heavy atom. The number of halogens is 1. The first-order valence-electron chi connectivity index (χ1n) is 7.60. The quantitative estimate of drug-likeness (QED) is 0.813. The monoisotopic (exact) mass is 359 g/mol. The largest absolute Gasteiger partial charge is 0.352 e. The van der Waals surface area contributed by atoms with Crippen LogP contribution in [0.5, 0.6) is 0 Å². The summed E-state index contributed by atoms with van der Waals surface area (Å²) in [7, 11) is -3.11. The lowest BCUT2D eigenvalue weighted by molar-refractivity contribution is -0.121. The van der Waals surface area contributed by atoms with Crippen molar-refractivity contribution in [3.8, 4) is 0 Å². The zero-order chi connectivity index (χ0) is 15.6. The first-order chi connectivity index (χ1) is 10.5. The summed E-state index contributed by atoms with van der Waals surface area (Å²) in [6.07, 6.45) is 0.874. The molecule has 0 spiro atoms. The fourth-order valence-corrected chi connectivity index (χ4v) is 4.44. The van der Waals surface area contributed by atoms with Gasteiger partial charge in [-0.15, -0.1) is 12.4 Å². The van der Waals surface area contributed by atoms with E-state index in [1.54, 1.807) is 0 Å². The highest BCUT2D eigenvalue weighted by atomic mass is 35.5. The molecule has 23 heavy (non-hydrogen) atoms. The van der Waals surface area contributed by atoms with E-state index >= 15 is 0 Å². The Labute approximate surface area is 143 Å². The van der Waals surface area contributed by atoms with Crippen molar-refractivity contribution in [2.75, 3.05) is 18.8 Å². The van der Waals surface area contributed by atoms with Gasteiger partial charge in [0.05, 0.1) is 5.75 Å². The van der Waals surface area contributed by atoms with Crippen LogP contribution in [0.1, 0.15) is 29.5 Å². The van der Waals surface area contributed by atoms with Gasteiger partial charge >= 0.3 is 0 Å². The number of carbonyl (C=O) groups excluding carboxylic acids is 1. The van der Waals surface area contributed by atoms with E-state index in [0.717, 1.165) is 18.7 Å². The number of hydrogen-bond donors (Lipinski definition) is 2. The van der Waals surface area contributed by atoms with Gasteiger partial charge in [0.2, 0.25) is 15.9 Å². The summed E-state index contributed by atoms with van der Waals surface area (Å²) in [4.78, 5) is 11.9. The number of benzene rings is 1. The normalized spacial score (nSPS) is 19.1. The SMILES string of the molecule is Cl.O=C(CCN1CCCS1(=O)=O)NCc1ccc2c(c1)CNC2. The van der Waals surface area contributed by atoms with Gasteiger partial charge in [0, 0.05) is 39.1 Å². The molecule has 0 atom stereocenters. The zero-order valence-electron chi connectivity index (χ0n) is 12.9. The molecule has 2 aliphatic heterocycles. The minimum Gasteiger partial charge on any atom is -0.352 e. The van der Waals surface area contributed by atoms with Crippen LogP contribution in [-0.4, -0.2) is 37.5 Å². The van der Waals surface area contributed by atoms with Crippen LogP contribution in [0, 0.1) is 0 Å². The lowest BCUT2D eigenvalue weighted by Gasteiger charge is -2.13. The molecule has 0 aliphatic carbocycles. The Morgan fingerprint density at radius 1 is 1.26 bits per heavy atom. The molecule has 2 N–H and O–H groups in total. The third-order valence-electron chi connectivity index (χ3n) is 4.18. The zero-order valence-corrected chi connectivity index (χ0v) is 14.5. The topological polar surface area (TPSA) is 78.5 Å². The highest BCUT2D eigenvalue weighted by molar-refractivity contribution is 7.89. The van der Waals surface area contributed by atoms with Crippen LogP contribution in [0.2, 0.25) is 0 Å². The van der Waals surface area contributed by atoms with Crippen molar-refractivity contribution in [1.82, 2.24) is 14.9 Å². The fraction of sp³-hybridized carbons (Fsp3) is 0.533. The van der Waals surface area contributed by atoms with E-state index in [-0.39, 0.29) is 37.0 Å². The van der Waals surface area contributed by atoms with Gasteiger partial charge in [-0.25, -0.2) is 12.7 Å². The van der Waals surface area contributed by atoms with Gasteiger partial charge in [-0.1, -0.05) is 18.2 Å². The van der Waals surface area contributed by atoms with Crippen LogP contribution in [0.3, 0.4) is 0 Å². The van der Waals surface area contributed by atoms with Gasteiger partial charge in [0.1, 0.15) is 0 Å². The first kappa shape index (κ1) is 18.2. The van der Waals surface area contributed by atoms with Gasteiger partial charge in [0.25, 0.3) is 0 Å². The highest BCUT2D eigenvalue weighted by Gasteiger charge is 2.28. The number of nitrogens with one attached hydrogen (secondary N) is 2. The molecule has 0 bridgehead atoms. The smallest absolute Gasteiger partial charge is 0.221 e. The molecule has 1 amide bonds. The summed E-state index contributed by atoms with van der Waals surface area (Å²) in [5.41, 5.74) is 3.67. The second-order valence-electron chi connectivity index (χ2n) is 5.80. The second kappa shape index (κ2) is 7.61. The number of rotatable bonds is 5. The van der Waals surface area contributed by atoms with Gasteiger partial charge in [-0.05, 0) is 23.1 Å². The molecule has 0 radical (unpaired) electrons. The van der Waals surface area contributed by atoms with Crippen molar-refractivity contribution in [2.45, 2.75) is 32.5 Å². The molecule has 0 saturated carbocycles. The van der Waals surface area contributed by atoms with E-state index in [1.807, 2.05) is 6.07 Å². The summed E-state index contributed by atoms with van der Waals surface area (Å²) in [5.74, 6) is 0.0957. The number of amides is 1. The number of sulfonamides is 1. The number of nitrogens with zero attached hydrogens (tertiary/aromatic N) is 1. The van der Waals surface area contributed by atoms with Gasteiger partial charge < -0.3 is 10.6 Å². The number of carbonyl (C=O) groups is 1. The van der Waals surface area contributed by atoms with E-state index in [1.165, 1.54) is 15.4 Å². The standard InChI is InChI=1S/C15H21N3O3S.ClH/c19-15(4-6-18-5-1-7-22(18,20)21)17-9-12-2-3-13-10-16-11-14(13)8-12;/h2-3,8,16H,1,4-7,9-11H2,(H,17,19);1H. The minimum atomic E-state index is -3.11. The molecule has 1 saturated heterocycles. The Morgan fingerprint density at radius 2 is 2.04 bits per heavy atom. The lowest BCUT2D eigenvalue weighted by atomic mass is 10.1. The maximum Gasteiger partial charge on any atom is 0.221 e. The van der Waals surface area contributed by atoms with E-state index in [9.17, 15) is 13.2 Å². The molecule has 1 fully saturated rings.